The number of nitrogen functional groups attached to an aromatic ring is 1. The molecule has 1 saturated heterocycles. The number of nitrogens with two attached hydrogens (primary N) is 1. The Kier molecular flexibility index (Phi) is 4.44. The van der Waals surface area contributed by atoms with Gasteiger partial charge in [0.25, 0.3) is 0 Å². The lowest BCUT2D eigenvalue weighted by Gasteiger charge is -2.31. The van der Waals surface area contributed by atoms with Crippen molar-refractivity contribution in [2.75, 3.05) is 18.5 Å². The van der Waals surface area contributed by atoms with Crippen LogP contribution >= 0.6 is 0 Å². The van der Waals surface area contributed by atoms with E-state index in [1.165, 1.54) is 0 Å². The number of para-hydroxylation sites is 1. The molecule has 0 aliphatic carbocycles. The van der Waals surface area contributed by atoms with Crippen molar-refractivity contribution in [2.24, 2.45) is 11.8 Å². The molecule has 0 unspecified atom stereocenters. The normalized spacial score (nSPS) is 18.4. The van der Waals surface area contributed by atoms with Gasteiger partial charge in [-0.1, -0.05) is 25.5 Å². The van der Waals surface area contributed by atoms with Crippen LogP contribution in [0.2, 0.25) is 0 Å². The summed E-state index contributed by atoms with van der Waals surface area (Å²) < 4.78 is 26.7. The van der Waals surface area contributed by atoms with Gasteiger partial charge in [-0.25, -0.2) is 8.42 Å². The Morgan fingerprint density at radius 3 is 2.53 bits per heavy atom. The van der Waals surface area contributed by atoms with Crippen LogP contribution in [0.3, 0.4) is 0 Å². The summed E-state index contributed by atoms with van der Waals surface area (Å²) in [5.41, 5.74) is 2.90. The summed E-state index contributed by atoms with van der Waals surface area (Å²) >= 11 is 0. The zero-order valence-electron chi connectivity index (χ0n) is 11.2. The van der Waals surface area contributed by atoms with Gasteiger partial charge in [-0.3, -0.25) is 5.84 Å². The fourth-order valence-electron chi connectivity index (χ4n) is 2.51. The highest BCUT2D eigenvalue weighted by atomic mass is 32.2. The maximum absolute atomic E-state index is 12.6. The molecule has 0 atom stereocenters. The summed E-state index contributed by atoms with van der Waals surface area (Å²) in [5, 5.41) is 0. The Hall–Kier alpha value is -1.11. The van der Waals surface area contributed by atoms with Gasteiger partial charge < -0.3 is 5.43 Å². The smallest absolute Gasteiger partial charge is 0.245 e. The average molecular weight is 283 g/mol. The van der Waals surface area contributed by atoms with E-state index in [-0.39, 0.29) is 4.90 Å². The Labute approximate surface area is 114 Å². The van der Waals surface area contributed by atoms with Gasteiger partial charge in [0, 0.05) is 13.1 Å². The minimum atomic E-state index is -3.45. The van der Waals surface area contributed by atoms with Gasteiger partial charge in [0.2, 0.25) is 10.0 Å². The van der Waals surface area contributed by atoms with Crippen molar-refractivity contribution >= 4 is 15.7 Å². The second kappa shape index (κ2) is 5.90. The highest BCUT2D eigenvalue weighted by Gasteiger charge is 2.30. The highest BCUT2D eigenvalue weighted by molar-refractivity contribution is 7.89. The topological polar surface area (TPSA) is 75.4 Å². The lowest BCUT2D eigenvalue weighted by atomic mass is 9.96. The van der Waals surface area contributed by atoms with E-state index in [2.05, 4.69) is 12.3 Å². The van der Waals surface area contributed by atoms with Crippen LogP contribution in [0.25, 0.3) is 0 Å². The Bertz CT molecular complexity index is 522. The molecule has 1 heterocycles. The molecule has 0 saturated carbocycles. The van der Waals surface area contributed by atoms with Gasteiger partial charge in [-0.15, -0.1) is 0 Å². The molecule has 0 bridgehead atoms. The maximum Gasteiger partial charge on any atom is 0.245 e. The summed E-state index contributed by atoms with van der Waals surface area (Å²) in [6.45, 7) is 3.35. The molecule has 3 N–H and O–H groups in total. The molecule has 1 aliphatic rings. The quantitative estimate of drug-likeness (QED) is 0.652. The highest BCUT2D eigenvalue weighted by Crippen LogP contribution is 2.28. The second-order valence-corrected chi connectivity index (χ2v) is 6.80. The van der Waals surface area contributed by atoms with Gasteiger partial charge in [-0.2, -0.15) is 4.31 Å². The molecule has 0 aromatic heterocycles. The maximum atomic E-state index is 12.6. The first-order valence-corrected chi connectivity index (χ1v) is 8.09. The summed E-state index contributed by atoms with van der Waals surface area (Å²) in [6.07, 6.45) is 3.00. The molecule has 19 heavy (non-hydrogen) atoms. The number of sulfonamides is 1. The lowest BCUT2D eigenvalue weighted by molar-refractivity contribution is 0.269. The molecule has 2 rings (SSSR count). The standard InChI is InChI=1S/C13H21N3O2S/c1-2-11-7-9-16(10-8-11)19(17,18)13-6-4-3-5-12(13)15-14/h3-6,11,15H,2,7-10,14H2,1H3. The molecule has 1 fully saturated rings. The molecule has 6 heteroatoms. The van der Waals surface area contributed by atoms with E-state index in [0.717, 1.165) is 19.3 Å². The molecular weight excluding hydrogens is 262 g/mol. The van der Waals surface area contributed by atoms with E-state index in [4.69, 9.17) is 5.84 Å². The minimum absolute atomic E-state index is 0.257. The molecular formula is C13H21N3O2S. The molecule has 0 spiro atoms. The Morgan fingerprint density at radius 2 is 1.95 bits per heavy atom. The third-order valence-electron chi connectivity index (χ3n) is 3.81. The summed E-state index contributed by atoms with van der Waals surface area (Å²) in [4.78, 5) is 0.257. The van der Waals surface area contributed by atoms with Crippen molar-refractivity contribution in [2.45, 2.75) is 31.1 Å². The first kappa shape index (κ1) is 14.3. The molecule has 1 aliphatic heterocycles. The van der Waals surface area contributed by atoms with Crippen LogP contribution in [-0.2, 0) is 10.0 Å². The number of nitrogens with zero attached hydrogens (tertiary/aromatic N) is 1. The summed E-state index contributed by atoms with van der Waals surface area (Å²) in [5.74, 6) is 6.04. The van der Waals surface area contributed by atoms with Crippen LogP contribution in [0.4, 0.5) is 5.69 Å². The zero-order chi connectivity index (χ0) is 13.9. The number of rotatable bonds is 4. The number of hydrogen-bond donors (Lipinski definition) is 2. The van der Waals surface area contributed by atoms with Crippen LogP contribution in [-0.4, -0.2) is 25.8 Å². The predicted octanol–water partition coefficient (Wildman–Crippen LogP) is 1.78. The van der Waals surface area contributed by atoms with E-state index >= 15 is 0 Å². The first-order valence-electron chi connectivity index (χ1n) is 6.65. The second-order valence-electron chi connectivity index (χ2n) is 4.90. The average Bonchev–Trinajstić information content (AvgIpc) is 2.47. The zero-order valence-corrected chi connectivity index (χ0v) is 12.0. The van der Waals surface area contributed by atoms with Crippen LogP contribution in [0.1, 0.15) is 26.2 Å². The lowest BCUT2D eigenvalue weighted by Crippen LogP contribution is -2.38. The van der Waals surface area contributed by atoms with Gasteiger partial charge in [0.05, 0.1) is 5.69 Å². The van der Waals surface area contributed by atoms with Crippen molar-refractivity contribution in [1.82, 2.24) is 4.31 Å². The molecule has 5 nitrogen and oxygen atoms in total. The predicted molar refractivity (Wildman–Crippen MR) is 76.0 cm³/mol. The van der Waals surface area contributed by atoms with Gasteiger partial charge >= 0.3 is 0 Å². The molecule has 0 radical (unpaired) electrons. The number of benzene rings is 1. The number of anilines is 1. The number of hydrazine groups is 1. The fraction of sp³-hybridized carbons (Fsp3) is 0.538. The third kappa shape index (κ3) is 2.91. The molecule has 1 aromatic carbocycles. The van der Waals surface area contributed by atoms with Gasteiger partial charge in [-0.05, 0) is 30.9 Å². The van der Waals surface area contributed by atoms with E-state index < -0.39 is 10.0 Å². The summed E-state index contributed by atoms with van der Waals surface area (Å²) in [7, 11) is -3.45. The Balaban J connectivity index is 2.23. The molecule has 106 valence electrons. The van der Waals surface area contributed by atoms with Crippen LogP contribution in [0, 0.1) is 5.92 Å². The largest absolute Gasteiger partial charge is 0.323 e. The number of piperidine rings is 1. The SMILES string of the molecule is CCC1CCN(S(=O)(=O)c2ccccc2NN)CC1. The minimum Gasteiger partial charge on any atom is -0.323 e. The number of nitrogens with one attached hydrogen (secondary N) is 1. The fourth-order valence-corrected chi connectivity index (χ4v) is 4.13. The van der Waals surface area contributed by atoms with Crippen LogP contribution in [0.15, 0.2) is 29.2 Å². The molecule has 1 aromatic rings. The van der Waals surface area contributed by atoms with E-state index in [1.54, 1.807) is 28.6 Å². The van der Waals surface area contributed by atoms with E-state index in [1.807, 2.05) is 0 Å². The van der Waals surface area contributed by atoms with Crippen molar-refractivity contribution in [3.8, 4) is 0 Å². The van der Waals surface area contributed by atoms with E-state index in [0.29, 0.717) is 24.7 Å². The van der Waals surface area contributed by atoms with Crippen LogP contribution < -0.4 is 11.3 Å². The van der Waals surface area contributed by atoms with E-state index in [9.17, 15) is 8.42 Å². The molecule has 0 amide bonds. The summed E-state index contributed by atoms with van der Waals surface area (Å²) in [6, 6.07) is 6.74. The first-order chi connectivity index (χ1) is 9.09. The van der Waals surface area contributed by atoms with Gasteiger partial charge in [0.15, 0.2) is 0 Å². The Morgan fingerprint density at radius 1 is 1.32 bits per heavy atom. The van der Waals surface area contributed by atoms with Crippen LogP contribution in [0.5, 0.6) is 0 Å². The van der Waals surface area contributed by atoms with Crippen molar-refractivity contribution < 1.29 is 8.42 Å². The third-order valence-corrected chi connectivity index (χ3v) is 5.77. The van der Waals surface area contributed by atoms with Crippen molar-refractivity contribution in [3.05, 3.63) is 24.3 Å². The van der Waals surface area contributed by atoms with Crippen molar-refractivity contribution in [1.29, 1.82) is 0 Å². The van der Waals surface area contributed by atoms with Gasteiger partial charge in [0.1, 0.15) is 4.90 Å². The van der Waals surface area contributed by atoms with Crippen molar-refractivity contribution in [3.63, 3.8) is 0 Å². The monoisotopic (exact) mass is 283 g/mol. The number of hydrogen-bond acceptors (Lipinski definition) is 4.